The summed E-state index contributed by atoms with van der Waals surface area (Å²) in [5.41, 5.74) is 1.01. The predicted molar refractivity (Wildman–Crippen MR) is 65.7 cm³/mol. The average molecular weight is 225 g/mol. The van der Waals surface area contributed by atoms with Crippen molar-refractivity contribution < 1.29 is 4.74 Å². The van der Waals surface area contributed by atoms with Gasteiger partial charge in [-0.3, -0.25) is 0 Å². The molecule has 0 aromatic carbocycles. The standard InChI is InChI=1S/C13H17ClO/c1-4-10(12(14)5-2)11-8-6-7-9-13(11)15-3/h4-5,9,11H,1-2,6-8H2,3H3/b12-10-. The Kier molecular flexibility index (Phi) is 4.70. The molecule has 82 valence electrons. The van der Waals surface area contributed by atoms with Gasteiger partial charge in [0.2, 0.25) is 0 Å². The predicted octanol–water partition coefficient (Wildman–Crippen LogP) is 4.18. The third-order valence-electron chi connectivity index (χ3n) is 2.67. The second-order valence-electron chi connectivity index (χ2n) is 3.51. The molecule has 0 aliphatic heterocycles. The fourth-order valence-corrected chi connectivity index (χ4v) is 2.12. The largest absolute Gasteiger partial charge is 0.501 e. The number of allylic oxidation sites excluding steroid dienone is 5. The summed E-state index contributed by atoms with van der Waals surface area (Å²) in [6.45, 7) is 7.48. The van der Waals surface area contributed by atoms with Crippen LogP contribution >= 0.6 is 11.6 Å². The highest BCUT2D eigenvalue weighted by molar-refractivity contribution is 6.31. The van der Waals surface area contributed by atoms with Gasteiger partial charge < -0.3 is 4.74 Å². The van der Waals surface area contributed by atoms with Crippen molar-refractivity contribution in [2.45, 2.75) is 19.3 Å². The Morgan fingerprint density at radius 1 is 1.53 bits per heavy atom. The summed E-state index contributed by atoms with van der Waals surface area (Å²) in [6, 6.07) is 0. The molecule has 0 heterocycles. The molecule has 1 aliphatic carbocycles. The lowest BCUT2D eigenvalue weighted by Gasteiger charge is -2.24. The Balaban J connectivity index is 3.03. The van der Waals surface area contributed by atoms with Gasteiger partial charge >= 0.3 is 0 Å². The molecule has 0 aromatic heterocycles. The summed E-state index contributed by atoms with van der Waals surface area (Å²) in [5.74, 6) is 1.24. The van der Waals surface area contributed by atoms with Gasteiger partial charge in [0.05, 0.1) is 12.9 Å². The van der Waals surface area contributed by atoms with Crippen molar-refractivity contribution in [3.63, 3.8) is 0 Å². The molecule has 1 atom stereocenters. The van der Waals surface area contributed by atoms with Gasteiger partial charge in [-0.1, -0.05) is 36.9 Å². The van der Waals surface area contributed by atoms with Gasteiger partial charge in [-0.25, -0.2) is 0 Å². The Morgan fingerprint density at radius 3 is 2.80 bits per heavy atom. The molecule has 1 aliphatic rings. The zero-order valence-corrected chi connectivity index (χ0v) is 9.89. The van der Waals surface area contributed by atoms with E-state index in [0.29, 0.717) is 5.03 Å². The van der Waals surface area contributed by atoms with Crippen molar-refractivity contribution in [1.29, 1.82) is 0 Å². The second kappa shape index (κ2) is 5.82. The van der Waals surface area contributed by atoms with E-state index in [0.717, 1.165) is 30.6 Å². The Labute approximate surface area is 96.8 Å². The molecular weight excluding hydrogens is 208 g/mol. The van der Waals surface area contributed by atoms with Crippen LogP contribution in [0.2, 0.25) is 0 Å². The molecule has 0 N–H and O–H groups in total. The lowest BCUT2D eigenvalue weighted by molar-refractivity contribution is 0.239. The van der Waals surface area contributed by atoms with Gasteiger partial charge in [0.25, 0.3) is 0 Å². The molecule has 1 rings (SSSR count). The first-order valence-electron chi connectivity index (χ1n) is 5.13. The highest BCUT2D eigenvalue weighted by Crippen LogP contribution is 2.34. The minimum absolute atomic E-state index is 0.242. The van der Waals surface area contributed by atoms with Crippen LogP contribution in [0, 0.1) is 5.92 Å². The summed E-state index contributed by atoms with van der Waals surface area (Å²) in [7, 11) is 1.70. The minimum Gasteiger partial charge on any atom is -0.501 e. The van der Waals surface area contributed by atoms with Crippen LogP contribution in [0.5, 0.6) is 0 Å². The molecule has 15 heavy (non-hydrogen) atoms. The number of halogens is 1. The molecule has 2 heteroatoms. The van der Waals surface area contributed by atoms with Gasteiger partial charge in [0, 0.05) is 11.0 Å². The molecular formula is C13H17ClO. The molecule has 0 radical (unpaired) electrons. The van der Waals surface area contributed by atoms with Gasteiger partial charge in [-0.05, 0) is 30.9 Å². The monoisotopic (exact) mass is 224 g/mol. The zero-order chi connectivity index (χ0) is 11.3. The fraction of sp³-hybridized carbons (Fsp3) is 0.385. The Bertz CT molecular complexity index is 312. The van der Waals surface area contributed by atoms with E-state index in [2.05, 4.69) is 19.2 Å². The SMILES string of the molecule is C=C/C(Cl)=C(\C=C)C1CCCC=C1OC. The molecule has 0 aromatic rings. The first-order valence-corrected chi connectivity index (χ1v) is 5.51. The summed E-state index contributed by atoms with van der Waals surface area (Å²) in [6.07, 6.45) is 8.88. The van der Waals surface area contributed by atoms with Gasteiger partial charge in [0.15, 0.2) is 0 Å². The highest BCUT2D eigenvalue weighted by Gasteiger charge is 2.22. The van der Waals surface area contributed by atoms with Crippen LogP contribution in [-0.2, 0) is 4.74 Å². The normalized spacial score (nSPS) is 22.5. The molecule has 0 bridgehead atoms. The third kappa shape index (κ3) is 2.75. The minimum atomic E-state index is 0.242. The Morgan fingerprint density at radius 2 is 2.27 bits per heavy atom. The highest BCUT2D eigenvalue weighted by atomic mass is 35.5. The molecule has 1 unspecified atom stereocenters. The van der Waals surface area contributed by atoms with Gasteiger partial charge in [0.1, 0.15) is 0 Å². The van der Waals surface area contributed by atoms with Crippen molar-refractivity contribution in [2.24, 2.45) is 5.92 Å². The van der Waals surface area contributed by atoms with Crippen molar-refractivity contribution in [2.75, 3.05) is 7.11 Å². The van der Waals surface area contributed by atoms with E-state index >= 15 is 0 Å². The van der Waals surface area contributed by atoms with E-state index in [1.807, 2.05) is 0 Å². The van der Waals surface area contributed by atoms with Crippen molar-refractivity contribution >= 4 is 11.6 Å². The maximum Gasteiger partial charge on any atom is 0.0990 e. The van der Waals surface area contributed by atoms with Crippen molar-refractivity contribution in [3.8, 4) is 0 Å². The van der Waals surface area contributed by atoms with Crippen molar-refractivity contribution in [3.05, 3.63) is 47.8 Å². The molecule has 1 nitrogen and oxygen atoms in total. The first-order chi connectivity index (χ1) is 7.24. The third-order valence-corrected chi connectivity index (χ3v) is 3.04. The lowest BCUT2D eigenvalue weighted by Crippen LogP contribution is -2.12. The molecule has 0 saturated heterocycles. The smallest absolute Gasteiger partial charge is 0.0990 e. The number of rotatable bonds is 4. The van der Waals surface area contributed by atoms with E-state index in [1.54, 1.807) is 19.3 Å². The van der Waals surface area contributed by atoms with Gasteiger partial charge in [-0.2, -0.15) is 0 Å². The van der Waals surface area contributed by atoms with Crippen LogP contribution in [0.4, 0.5) is 0 Å². The van der Waals surface area contributed by atoms with Gasteiger partial charge in [-0.15, -0.1) is 0 Å². The van der Waals surface area contributed by atoms with Crippen LogP contribution in [0.1, 0.15) is 19.3 Å². The fourth-order valence-electron chi connectivity index (χ4n) is 1.91. The van der Waals surface area contributed by atoms with E-state index in [1.165, 1.54) is 0 Å². The van der Waals surface area contributed by atoms with E-state index in [4.69, 9.17) is 16.3 Å². The van der Waals surface area contributed by atoms with Crippen molar-refractivity contribution in [1.82, 2.24) is 0 Å². The van der Waals surface area contributed by atoms with Crippen LogP contribution in [0.15, 0.2) is 47.8 Å². The molecule has 0 fully saturated rings. The summed E-state index contributed by atoms with van der Waals surface area (Å²) < 4.78 is 5.37. The number of methoxy groups -OCH3 is 1. The van der Waals surface area contributed by atoms with E-state index < -0.39 is 0 Å². The van der Waals surface area contributed by atoms with Crippen LogP contribution in [0.3, 0.4) is 0 Å². The summed E-state index contributed by atoms with van der Waals surface area (Å²) in [4.78, 5) is 0. The molecule has 0 amide bonds. The number of hydrogen-bond donors (Lipinski definition) is 0. The summed E-state index contributed by atoms with van der Waals surface area (Å²) >= 11 is 6.09. The maximum absolute atomic E-state index is 6.09. The average Bonchev–Trinajstić information content (AvgIpc) is 2.30. The topological polar surface area (TPSA) is 9.23 Å². The van der Waals surface area contributed by atoms with Crippen LogP contribution < -0.4 is 0 Å². The summed E-state index contributed by atoms with van der Waals surface area (Å²) in [5, 5.41) is 0.667. The maximum atomic E-state index is 6.09. The number of hydrogen-bond acceptors (Lipinski definition) is 1. The Hall–Kier alpha value is -0.950. The number of ether oxygens (including phenoxy) is 1. The lowest BCUT2D eigenvalue weighted by atomic mass is 9.87. The van der Waals surface area contributed by atoms with Crippen LogP contribution in [0.25, 0.3) is 0 Å². The molecule has 0 spiro atoms. The second-order valence-corrected chi connectivity index (χ2v) is 3.91. The van der Waals surface area contributed by atoms with E-state index in [-0.39, 0.29) is 5.92 Å². The molecule has 0 saturated carbocycles. The van der Waals surface area contributed by atoms with Crippen LogP contribution in [-0.4, -0.2) is 7.11 Å². The zero-order valence-electron chi connectivity index (χ0n) is 9.13. The van der Waals surface area contributed by atoms with E-state index in [9.17, 15) is 0 Å². The quantitative estimate of drug-likeness (QED) is 0.651. The first kappa shape index (κ1) is 12.1.